The van der Waals surface area contributed by atoms with Gasteiger partial charge in [0.15, 0.2) is 0 Å². The van der Waals surface area contributed by atoms with Crippen LogP contribution in [-0.2, 0) is 20.4 Å². The number of carbonyl (C=O) groups excluding carboxylic acids is 1. The second kappa shape index (κ2) is 4.42. The quantitative estimate of drug-likeness (QED) is 0.803. The number of aromatic nitrogens is 1. The number of hydrogen-bond acceptors (Lipinski definition) is 5. The number of amides is 1. The van der Waals surface area contributed by atoms with Crippen LogP contribution in [0.2, 0.25) is 0 Å². The minimum atomic E-state index is -3.87. The van der Waals surface area contributed by atoms with Crippen molar-refractivity contribution in [3.63, 3.8) is 0 Å². The van der Waals surface area contributed by atoms with Gasteiger partial charge >= 0.3 is 0 Å². The van der Waals surface area contributed by atoms with Crippen LogP contribution in [0.4, 0.5) is 0 Å². The number of carbonyl (C=O) groups is 1. The maximum Gasteiger partial charge on any atom is 0.265 e. The minimum absolute atomic E-state index is 0.124. The standard InChI is InChI=1S/C10H14N2O4S/c1-7(13)12-17(15,16)8-4-5-9(11-6-8)10(2,3)14/h4-6,14H,1-3H3,(H,12,13). The third-order valence-corrected chi connectivity index (χ3v) is 3.37. The van der Waals surface area contributed by atoms with Crippen LogP contribution in [-0.4, -0.2) is 24.4 Å². The molecule has 0 radical (unpaired) electrons. The van der Waals surface area contributed by atoms with Crippen molar-refractivity contribution in [2.75, 3.05) is 0 Å². The van der Waals surface area contributed by atoms with Crippen molar-refractivity contribution in [3.8, 4) is 0 Å². The van der Waals surface area contributed by atoms with Crippen molar-refractivity contribution < 1.29 is 18.3 Å². The van der Waals surface area contributed by atoms with Gasteiger partial charge in [0.25, 0.3) is 10.0 Å². The first-order valence-corrected chi connectivity index (χ1v) is 6.33. The third-order valence-electron chi connectivity index (χ3n) is 1.95. The van der Waals surface area contributed by atoms with Gasteiger partial charge in [-0.05, 0) is 26.0 Å². The fourth-order valence-electron chi connectivity index (χ4n) is 1.15. The average molecular weight is 258 g/mol. The fourth-order valence-corrected chi connectivity index (χ4v) is 2.08. The maximum absolute atomic E-state index is 11.6. The zero-order valence-electron chi connectivity index (χ0n) is 9.76. The highest BCUT2D eigenvalue weighted by Crippen LogP contribution is 2.18. The topological polar surface area (TPSA) is 96.4 Å². The molecular formula is C10H14N2O4S. The number of aliphatic hydroxyl groups is 1. The summed E-state index contributed by atoms with van der Waals surface area (Å²) >= 11 is 0. The molecule has 1 aromatic heterocycles. The molecule has 7 heteroatoms. The smallest absolute Gasteiger partial charge is 0.265 e. The molecule has 1 heterocycles. The number of nitrogens with zero attached hydrogens (tertiary/aromatic N) is 1. The van der Waals surface area contributed by atoms with Gasteiger partial charge in [0.2, 0.25) is 5.91 Å². The van der Waals surface area contributed by atoms with Gasteiger partial charge in [-0.3, -0.25) is 9.78 Å². The summed E-state index contributed by atoms with van der Waals surface area (Å²) < 4.78 is 25.0. The number of hydrogen-bond donors (Lipinski definition) is 2. The second-order valence-corrected chi connectivity index (χ2v) is 5.78. The molecule has 0 aliphatic carbocycles. The highest BCUT2D eigenvalue weighted by atomic mass is 32.2. The highest BCUT2D eigenvalue weighted by molar-refractivity contribution is 7.90. The van der Waals surface area contributed by atoms with Crippen molar-refractivity contribution in [2.45, 2.75) is 31.3 Å². The number of pyridine rings is 1. The monoisotopic (exact) mass is 258 g/mol. The summed E-state index contributed by atoms with van der Waals surface area (Å²) in [5.74, 6) is -0.670. The van der Waals surface area contributed by atoms with Crippen LogP contribution >= 0.6 is 0 Å². The molecule has 0 aliphatic rings. The summed E-state index contributed by atoms with van der Waals surface area (Å²) in [5, 5.41) is 9.65. The first-order chi connectivity index (χ1) is 7.63. The number of sulfonamides is 1. The van der Waals surface area contributed by atoms with Gasteiger partial charge in [-0.2, -0.15) is 0 Å². The molecule has 1 rings (SSSR count). The van der Waals surface area contributed by atoms with E-state index in [0.717, 1.165) is 13.1 Å². The zero-order valence-corrected chi connectivity index (χ0v) is 10.6. The lowest BCUT2D eigenvalue weighted by atomic mass is 10.1. The lowest BCUT2D eigenvalue weighted by Gasteiger charge is -2.16. The molecule has 0 spiro atoms. The molecule has 0 aromatic carbocycles. The van der Waals surface area contributed by atoms with Gasteiger partial charge in [0.05, 0.1) is 5.69 Å². The van der Waals surface area contributed by atoms with Crippen molar-refractivity contribution in [1.29, 1.82) is 0 Å². The van der Waals surface area contributed by atoms with Crippen LogP contribution in [0.3, 0.4) is 0 Å². The molecule has 0 saturated heterocycles. The van der Waals surface area contributed by atoms with Crippen molar-refractivity contribution >= 4 is 15.9 Å². The molecule has 0 fully saturated rings. The molecule has 0 aliphatic heterocycles. The molecular weight excluding hydrogens is 244 g/mol. The van der Waals surface area contributed by atoms with E-state index in [9.17, 15) is 18.3 Å². The third kappa shape index (κ3) is 3.50. The molecule has 17 heavy (non-hydrogen) atoms. The SMILES string of the molecule is CC(=O)NS(=O)(=O)c1ccc(C(C)(C)O)nc1. The van der Waals surface area contributed by atoms with Crippen molar-refractivity contribution in [1.82, 2.24) is 9.71 Å². The number of rotatable bonds is 3. The van der Waals surface area contributed by atoms with Crippen LogP contribution < -0.4 is 4.72 Å². The lowest BCUT2D eigenvalue weighted by Crippen LogP contribution is -2.28. The van der Waals surface area contributed by atoms with Crippen LogP contribution in [0.15, 0.2) is 23.2 Å². The van der Waals surface area contributed by atoms with Gasteiger partial charge in [-0.25, -0.2) is 13.1 Å². The van der Waals surface area contributed by atoms with Crippen LogP contribution in [0.1, 0.15) is 26.5 Å². The zero-order chi connectivity index (χ0) is 13.3. The van der Waals surface area contributed by atoms with E-state index < -0.39 is 21.5 Å². The second-order valence-electron chi connectivity index (χ2n) is 4.10. The van der Waals surface area contributed by atoms with Crippen LogP contribution in [0, 0.1) is 0 Å². The molecule has 2 N–H and O–H groups in total. The molecule has 6 nitrogen and oxygen atoms in total. The Kier molecular flexibility index (Phi) is 3.53. The van der Waals surface area contributed by atoms with Gasteiger partial charge in [0, 0.05) is 13.1 Å². The molecule has 94 valence electrons. The Morgan fingerprint density at radius 3 is 2.35 bits per heavy atom. The van der Waals surface area contributed by atoms with Gasteiger partial charge in [-0.1, -0.05) is 0 Å². The van der Waals surface area contributed by atoms with Gasteiger partial charge in [0.1, 0.15) is 10.5 Å². The Morgan fingerprint density at radius 1 is 1.41 bits per heavy atom. The normalized spacial score (nSPS) is 12.2. The molecule has 0 saturated carbocycles. The summed E-state index contributed by atoms with van der Waals surface area (Å²) in [5.41, 5.74) is -0.796. The average Bonchev–Trinajstić information content (AvgIpc) is 2.14. The number of nitrogens with one attached hydrogen (secondary N) is 1. The van der Waals surface area contributed by atoms with Crippen LogP contribution in [0.25, 0.3) is 0 Å². The van der Waals surface area contributed by atoms with Crippen molar-refractivity contribution in [2.24, 2.45) is 0 Å². The lowest BCUT2D eigenvalue weighted by molar-refractivity contribution is -0.117. The molecule has 1 amide bonds. The van der Waals surface area contributed by atoms with Crippen LogP contribution in [0.5, 0.6) is 0 Å². The van der Waals surface area contributed by atoms with E-state index in [1.165, 1.54) is 26.0 Å². The predicted molar refractivity (Wildman–Crippen MR) is 60.5 cm³/mol. The molecule has 0 unspecified atom stereocenters. The largest absolute Gasteiger partial charge is 0.384 e. The Bertz CT molecular complexity index is 514. The first kappa shape index (κ1) is 13.6. The Labute approximate surface area is 99.7 Å². The van der Waals surface area contributed by atoms with Crippen molar-refractivity contribution in [3.05, 3.63) is 24.0 Å². The summed E-state index contributed by atoms with van der Waals surface area (Å²) in [6.45, 7) is 4.19. The van der Waals surface area contributed by atoms with E-state index in [1.54, 1.807) is 0 Å². The van der Waals surface area contributed by atoms with E-state index in [4.69, 9.17) is 0 Å². The Balaban J connectivity index is 3.08. The fraction of sp³-hybridized carbons (Fsp3) is 0.400. The van der Waals surface area contributed by atoms with Gasteiger partial charge < -0.3 is 5.11 Å². The van der Waals surface area contributed by atoms with E-state index in [-0.39, 0.29) is 4.90 Å². The van der Waals surface area contributed by atoms with E-state index in [1.807, 2.05) is 4.72 Å². The van der Waals surface area contributed by atoms with E-state index in [2.05, 4.69) is 4.98 Å². The molecule has 0 bridgehead atoms. The summed E-state index contributed by atoms with van der Waals surface area (Å²) in [4.78, 5) is 14.4. The highest BCUT2D eigenvalue weighted by Gasteiger charge is 2.20. The molecule has 1 aromatic rings. The van der Waals surface area contributed by atoms with E-state index in [0.29, 0.717) is 5.69 Å². The predicted octanol–water partition coefficient (Wildman–Crippen LogP) is 0.134. The first-order valence-electron chi connectivity index (χ1n) is 4.85. The Morgan fingerprint density at radius 2 is 2.00 bits per heavy atom. The van der Waals surface area contributed by atoms with Gasteiger partial charge in [-0.15, -0.1) is 0 Å². The summed E-state index contributed by atoms with van der Waals surface area (Å²) in [6, 6.07) is 2.68. The Hall–Kier alpha value is -1.47. The maximum atomic E-state index is 11.6. The summed E-state index contributed by atoms with van der Waals surface area (Å²) in [7, 11) is -3.87. The molecule has 0 atom stereocenters. The summed E-state index contributed by atoms with van der Waals surface area (Å²) in [6.07, 6.45) is 1.10. The van der Waals surface area contributed by atoms with E-state index >= 15 is 0 Å². The minimum Gasteiger partial charge on any atom is -0.384 e.